The predicted octanol–water partition coefficient (Wildman–Crippen LogP) is 4.86. The molecule has 4 rings (SSSR count). The van der Waals surface area contributed by atoms with E-state index in [1.54, 1.807) is 24.0 Å². The molecule has 2 aliphatic rings. The van der Waals surface area contributed by atoms with Gasteiger partial charge in [-0.3, -0.25) is 0 Å². The summed E-state index contributed by atoms with van der Waals surface area (Å²) < 4.78 is 25.1. The summed E-state index contributed by atoms with van der Waals surface area (Å²) in [5.41, 5.74) is 2.35. The third kappa shape index (κ3) is 3.64. The Labute approximate surface area is 167 Å². The van der Waals surface area contributed by atoms with Crippen molar-refractivity contribution in [3.8, 4) is 11.5 Å². The fraction of sp³-hybridized carbons (Fsp3) is 0.286. The second kappa shape index (κ2) is 7.72. The summed E-state index contributed by atoms with van der Waals surface area (Å²) >= 11 is 6.17. The van der Waals surface area contributed by atoms with Gasteiger partial charge in [-0.05, 0) is 49.4 Å². The van der Waals surface area contributed by atoms with E-state index >= 15 is 0 Å². The molecule has 7 heteroatoms. The topological polar surface area (TPSA) is 42.0 Å². The Morgan fingerprint density at radius 2 is 1.89 bits per heavy atom. The lowest BCUT2D eigenvalue weighted by Crippen LogP contribution is -2.48. The van der Waals surface area contributed by atoms with Gasteiger partial charge in [-0.25, -0.2) is 9.18 Å². The SMILES string of the molecule is CCOC(=O)N1CCN(C2=Cc3cc(Cl)ccc3Oc3ccc(F)cc32)CC1. The normalized spacial score (nSPS) is 15.8. The van der Waals surface area contributed by atoms with Crippen LogP contribution in [0.3, 0.4) is 0 Å². The Kier molecular flexibility index (Phi) is 5.13. The number of amides is 1. The first-order chi connectivity index (χ1) is 13.5. The van der Waals surface area contributed by atoms with E-state index in [4.69, 9.17) is 21.1 Å². The molecular formula is C21H20ClFN2O3. The minimum absolute atomic E-state index is 0.302. The summed E-state index contributed by atoms with van der Waals surface area (Å²) in [5, 5.41) is 0.599. The molecule has 0 bridgehead atoms. The summed E-state index contributed by atoms with van der Waals surface area (Å²) in [4.78, 5) is 15.8. The molecule has 2 aliphatic heterocycles. The number of hydrogen-bond donors (Lipinski definition) is 0. The fourth-order valence-corrected chi connectivity index (χ4v) is 3.65. The van der Waals surface area contributed by atoms with Crippen LogP contribution in [-0.4, -0.2) is 48.7 Å². The van der Waals surface area contributed by atoms with Crippen LogP contribution in [0.1, 0.15) is 18.1 Å². The van der Waals surface area contributed by atoms with Crippen molar-refractivity contribution in [2.24, 2.45) is 0 Å². The Bertz CT molecular complexity index is 939. The standard InChI is InChI=1S/C21H20ClFN2O3/c1-2-27-21(26)25-9-7-24(8-10-25)18-12-14-11-15(22)3-5-19(14)28-20-6-4-16(23)13-17(18)20/h3-6,11-13H,2,7-10H2,1H3. The maximum atomic E-state index is 14.0. The molecule has 0 N–H and O–H groups in total. The van der Waals surface area contributed by atoms with Crippen LogP contribution in [0.4, 0.5) is 9.18 Å². The Morgan fingerprint density at radius 1 is 1.14 bits per heavy atom. The molecule has 2 aromatic carbocycles. The smallest absolute Gasteiger partial charge is 0.409 e. The molecule has 0 spiro atoms. The average molecular weight is 403 g/mol. The van der Waals surface area contributed by atoms with Gasteiger partial charge >= 0.3 is 6.09 Å². The monoisotopic (exact) mass is 402 g/mol. The van der Waals surface area contributed by atoms with Crippen LogP contribution < -0.4 is 4.74 Å². The number of ether oxygens (including phenoxy) is 2. The molecule has 2 heterocycles. The summed E-state index contributed by atoms with van der Waals surface area (Å²) in [7, 11) is 0. The highest BCUT2D eigenvalue weighted by molar-refractivity contribution is 6.30. The minimum atomic E-state index is -0.331. The predicted molar refractivity (Wildman–Crippen MR) is 106 cm³/mol. The van der Waals surface area contributed by atoms with Gasteiger partial charge in [-0.2, -0.15) is 0 Å². The highest BCUT2D eigenvalue weighted by atomic mass is 35.5. The number of carbonyl (C=O) groups excluding carboxylic acids is 1. The van der Waals surface area contributed by atoms with E-state index in [9.17, 15) is 9.18 Å². The molecule has 0 atom stereocenters. The summed E-state index contributed by atoms with van der Waals surface area (Å²) in [6.07, 6.45) is 1.66. The summed E-state index contributed by atoms with van der Waals surface area (Å²) in [5.74, 6) is 0.918. The molecule has 1 amide bonds. The van der Waals surface area contributed by atoms with E-state index in [0.29, 0.717) is 54.9 Å². The van der Waals surface area contributed by atoms with Crippen molar-refractivity contribution >= 4 is 29.5 Å². The molecule has 0 radical (unpaired) electrons. The van der Waals surface area contributed by atoms with Gasteiger partial charge in [0.15, 0.2) is 0 Å². The van der Waals surface area contributed by atoms with Crippen molar-refractivity contribution in [3.63, 3.8) is 0 Å². The number of benzene rings is 2. The molecular weight excluding hydrogens is 383 g/mol. The van der Waals surface area contributed by atoms with Crippen LogP contribution in [0.25, 0.3) is 11.8 Å². The first-order valence-electron chi connectivity index (χ1n) is 9.21. The van der Waals surface area contributed by atoms with Crippen molar-refractivity contribution < 1.29 is 18.7 Å². The lowest BCUT2D eigenvalue weighted by Gasteiger charge is -2.36. The number of fused-ring (bicyclic) bond motifs is 2. The Hall–Kier alpha value is -2.73. The van der Waals surface area contributed by atoms with Gasteiger partial charge in [0.25, 0.3) is 0 Å². The highest BCUT2D eigenvalue weighted by Crippen LogP contribution is 2.40. The van der Waals surface area contributed by atoms with Crippen LogP contribution in [0.5, 0.6) is 11.5 Å². The second-order valence-corrected chi connectivity index (χ2v) is 7.06. The third-order valence-corrected chi connectivity index (χ3v) is 5.08. The van der Waals surface area contributed by atoms with Gasteiger partial charge in [0, 0.05) is 48.0 Å². The van der Waals surface area contributed by atoms with E-state index in [1.807, 2.05) is 18.2 Å². The van der Waals surface area contributed by atoms with Gasteiger partial charge in [0.2, 0.25) is 0 Å². The van der Waals surface area contributed by atoms with E-state index in [0.717, 1.165) is 11.3 Å². The largest absolute Gasteiger partial charge is 0.456 e. The van der Waals surface area contributed by atoms with Crippen molar-refractivity contribution in [3.05, 3.63) is 58.4 Å². The molecule has 0 unspecified atom stereocenters. The summed E-state index contributed by atoms with van der Waals surface area (Å²) in [6, 6.07) is 9.90. The Morgan fingerprint density at radius 3 is 2.64 bits per heavy atom. The maximum absolute atomic E-state index is 14.0. The van der Waals surface area contributed by atoms with Gasteiger partial charge < -0.3 is 19.3 Å². The summed E-state index contributed by atoms with van der Waals surface area (Å²) in [6.45, 7) is 4.42. The van der Waals surface area contributed by atoms with Crippen LogP contribution in [0.15, 0.2) is 36.4 Å². The number of hydrogen-bond acceptors (Lipinski definition) is 4. The quantitative estimate of drug-likeness (QED) is 0.719. The molecule has 0 aliphatic carbocycles. The van der Waals surface area contributed by atoms with Gasteiger partial charge in [0.1, 0.15) is 17.3 Å². The van der Waals surface area contributed by atoms with E-state index in [2.05, 4.69) is 4.90 Å². The van der Waals surface area contributed by atoms with Gasteiger partial charge in [0.05, 0.1) is 6.61 Å². The third-order valence-electron chi connectivity index (χ3n) is 4.85. The molecule has 1 saturated heterocycles. The lowest BCUT2D eigenvalue weighted by atomic mass is 10.1. The van der Waals surface area contributed by atoms with Crippen molar-refractivity contribution in [1.82, 2.24) is 9.80 Å². The zero-order chi connectivity index (χ0) is 19.7. The van der Waals surface area contributed by atoms with Gasteiger partial charge in [-0.1, -0.05) is 11.6 Å². The zero-order valence-electron chi connectivity index (χ0n) is 15.5. The van der Waals surface area contributed by atoms with Crippen LogP contribution >= 0.6 is 11.6 Å². The second-order valence-electron chi connectivity index (χ2n) is 6.63. The highest BCUT2D eigenvalue weighted by Gasteiger charge is 2.27. The number of halogens is 2. The number of nitrogens with zero attached hydrogens (tertiary/aromatic N) is 2. The van der Waals surface area contributed by atoms with E-state index in [-0.39, 0.29) is 11.9 Å². The van der Waals surface area contributed by atoms with Crippen LogP contribution in [0.2, 0.25) is 5.02 Å². The number of piperazine rings is 1. The van der Waals surface area contributed by atoms with Crippen molar-refractivity contribution in [1.29, 1.82) is 0 Å². The van der Waals surface area contributed by atoms with Crippen molar-refractivity contribution in [2.75, 3.05) is 32.8 Å². The molecule has 2 aromatic rings. The molecule has 146 valence electrons. The Balaban J connectivity index is 1.68. The first kappa shape index (κ1) is 18.6. The molecule has 0 saturated carbocycles. The minimum Gasteiger partial charge on any atom is -0.456 e. The van der Waals surface area contributed by atoms with Gasteiger partial charge in [-0.15, -0.1) is 0 Å². The van der Waals surface area contributed by atoms with Crippen LogP contribution in [0, 0.1) is 5.82 Å². The maximum Gasteiger partial charge on any atom is 0.409 e. The molecule has 0 aromatic heterocycles. The van der Waals surface area contributed by atoms with Crippen LogP contribution in [-0.2, 0) is 4.74 Å². The fourth-order valence-electron chi connectivity index (χ4n) is 3.47. The average Bonchev–Trinajstić information content (AvgIpc) is 2.84. The molecule has 1 fully saturated rings. The van der Waals surface area contributed by atoms with E-state index in [1.165, 1.54) is 12.1 Å². The molecule has 28 heavy (non-hydrogen) atoms. The van der Waals surface area contributed by atoms with E-state index < -0.39 is 0 Å². The zero-order valence-corrected chi connectivity index (χ0v) is 16.2. The van der Waals surface area contributed by atoms with Crippen molar-refractivity contribution in [2.45, 2.75) is 6.92 Å². The first-order valence-corrected chi connectivity index (χ1v) is 9.58. The number of rotatable bonds is 2. The molecule has 5 nitrogen and oxygen atoms in total. The number of carbonyl (C=O) groups is 1. The lowest BCUT2D eigenvalue weighted by molar-refractivity contribution is 0.0907.